The molecule has 0 saturated carbocycles. The van der Waals surface area contributed by atoms with Crippen molar-refractivity contribution in [1.82, 2.24) is 26.2 Å². The Kier molecular flexibility index (Phi) is 7.93. The van der Waals surface area contributed by atoms with E-state index in [-0.39, 0.29) is 30.1 Å². The van der Waals surface area contributed by atoms with Gasteiger partial charge >= 0.3 is 12.1 Å². The van der Waals surface area contributed by atoms with E-state index in [1.54, 1.807) is 14.0 Å². The predicted molar refractivity (Wildman–Crippen MR) is 89.6 cm³/mol. The van der Waals surface area contributed by atoms with Crippen molar-refractivity contribution in [2.75, 3.05) is 26.7 Å². The number of nitrogens with one attached hydrogen (secondary N) is 4. The molecule has 1 aliphatic heterocycles. The minimum absolute atomic E-state index is 0.0524. The van der Waals surface area contributed by atoms with Gasteiger partial charge in [0.25, 0.3) is 0 Å². The summed E-state index contributed by atoms with van der Waals surface area (Å²) in [6.45, 7) is 8.68. The quantitative estimate of drug-likeness (QED) is 0.526. The maximum atomic E-state index is 12.2. The molecule has 9 nitrogen and oxygen atoms in total. The average Bonchev–Trinajstić information content (AvgIpc) is 2.88. The van der Waals surface area contributed by atoms with Crippen LogP contribution in [0.15, 0.2) is 0 Å². The van der Waals surface area contributed by atoms with Gasteiger partial charge in [0.05, 0.1) is 18.2 Å². The summed E-state index contributed by atoms with van der Waals surface area (Å²) in [5.74, 6) is -0.387. The van der Waals surface area contributed by atoms with Crippen LogP contribution in [0.5, 0.6) is 0 Å². The van der Waals surface area contributed by atoms with Crippen LogP contribution in [0.4, 0.5) is 9.59 Å². The third-order valence-corrected chi connectivity index (χ3v) is 3.83. The molecule has 0 bridgehead atoms. The molecule has 0 spiro atoms. The number of rotatable bonds is 6. The Bertz CT molecular complexity index is 457. The lowest BCUT2D eigenvalue weighted by Crippen LogP contribution is -2.51. The Morgan fingerprint density at radius 3 is 2.38 bits per heavy atom. The van der Waals surface area contributed by atoms with Crippen LogP contribution in [-0.2, 0) is 9.53 Å². The van der Waals surface area contributed by atoms with Crippen molar-refractivity contribution in [1.29, 1.82) is 0 Å². The van der Waals surface area contributed by atoms with E-state index in [4.69, 9.17) is 4.74 Å². The van der Waals surface area contributed by atoms with Crippen LogP contribution in [0.2, 0.25) is 0 Å². The van der Waals surface area contributed by atoms with E-state index in [1.165, 1.54) is 0 Å². The molecule has 0 aromatic rings. The van der Waals surface area contributed by atoms with E-state index in [2.05, 4.69) is 21.3 Å². The van der Waals surface area contributed by atoms with E-state index >= 15 is 0 Å². The molecule has 3 atom stereocenters. The van der Waals surface area contributed by atoms with E-state index < -0.39 is 12.1 Å². The lowest BCUT2D eigenvalue weighted by molar-refractivity contribution is -0.124. The summed E-state index contributed by atoms with van der Waals surface area (Å²) >= 11 is 0. The summed E-state index contributed by atoms with van der Waals surface area (Å²) in [7, 11) is 1.57. The first-order valence-corrected chi connectivity index (χ1v) is 8.21. The molecule has 1 heterocycles. The molecule has 0 aromatic carbocycles. The highest BCUT2D eigenvalue weighted by atomic mass is 16.5. The Morgan fingerprint density at radius 2 is 1.83 bits per heavy atom. The molecule has 138 valence electrons. The monoisotopic (exact) mass is 343 g/mol. The van der Waals surface area contributed by atoms with Crippen LogP contribution in [0.1, 0.15) is 27.7 Å². The number of likely N-dealkylation sites (tertiary alicyclic amines) is 1. The minimum atomic E-state index is -0.513. The molecular weight excluding hydrogens is 314 g/mol. The normalized spacial score (nSPS) is 22.1. The summed E-state index contributed by atoms with van der Waals surface area (Å²) in [5.41, 5.74) is 0. The van der Waals surface area contributed by atoms with E-state index in [0.717, 1.165) is 0 Å². The Balaban J connectivity index is 2.58. The summed E-state index contributed by atoms with van der Waals surface area (Å²) < 4.78 is 5.40. The second kappa shape index (κ2) is 9.43. The maximum absolute atomic E-state index is 12.2. The molecule has 1 aliphatic rings. The number of urea groups is 2. The van der Waals surface area contributed by atoms with Crippen molar-refractivity contribution < 1.29 is 19.1 Å². The van der Waals surface area contributed by atoms with Crippen LogP contribution in [0.3, 0.4) is 0 Å². The van der Waals surface area contributed by atoms with E-state index in [1.807, 2.05) is 25.7 Å². The zero-order valence-electron chi connectivity index (χ0n) is 15.0. The number of methoxy groups -OCH3 is 1. The first-order chi connectivity index (χ1) is 11.3. The number of nitrogens with zero attached hydrogens (tertiary/aromatic N) is 1. The zero-order valence-corrected chi connectivity index (χ0v) is 15.0. The van der Waals surface area contributed by atoms with Crippen LogP contribution in [-0.4, -0.2) is 73.8 Å². The standard InChI is InChI=1S/C15H29N5O4/c1-6-16-14(22)18-11-7-20(8-12(11)24-5)10(4)13(21)19-15(23)17-9(2)3/h9-12H,6-8H2,1-5H3,(H2,16,18,22)(H2,17,19,21,23)/t10-,11-,12+/m1/s1. The van der Waals surface area contributed by atoms with E-state index in [0.29, 0.717) is 19.6 Å². The number of hydrogen-bond acceptors (Lipinski definition) is 5. The van der Waals surface area contributed by atoms with Crippen LogP contribution < -0.4 is 21.3 Å². The minimum Gasteiger partial charge on any atom is -0.378 e. The molecule has 24 heavy (non-hydrogen) atoms. The maximum Gasteiger partial charge on any atom is 0.321 e. The third kappa shape index (κ3) is 5.97. The van der Waals surface area contributed by atoms with Crippen molar-refractivity contribution >= 4 is 18.0 Å². The molecule has 1 fully saturated rings. The van der Waals surface area contributed by atoms with Crippen LogP contribution >= 0.6 is 0 Å². The van der Waals surface area contributed by atoms with Gasteiger partial charge in [-0.3, -0.25) is 15.0 Å². The zero-order chi connectivity index (χ0) is 18.3. The van der Waals surface area contributed by atoms with Crippen molar-refractivity contribution in [3.05, 3.63) is 0 Å². The molecule has 0 radical (unpaired) electrons. The van der Waals surface area contributed by atoms with Crippen molar-refractivity contribution in [2.45, 2.75) is 51.9 Å². The number of hydrogen-bond donors (Lipinski definition) is 4. The topological polar surface area (TPSA) is 112 Å². The molecule has 5 amide bonds. The second-order valence-corrected chi connectivity index (χ2v) is 6.13. The summed E-state index contributed by atoms with van der Waals surface area (Å²) in [5, 5.41) is 10.4. The van der Waals surface area contributed by atoms with Crippen molar-refractivity contribution in [2.24, 2.45) is 0 Å². The average molecular weight is 343 g/mol. The molecule has 1 saturated heterocycles. The lowest BCUT2D eigenvalue weighted by Gasteiger charge is -2.23. The fourth-order valence-electron chi connectivity index (χ4n) is 2.56. The number of amides is 5. The van der Waals surface area contributed by atoms with Crippen molar-refractivity contribution in [3.63, 3.8) is 0 Å². The molecule has 9 heteroatoms. The fraction of sp³-hybridized carbons (Fsp3) is 0.800. The number of carbonyl (C=O) groups is 3. The van der Waals surface area contributed by atoms with Crippen LogP contribution in [0.25, 0.3) is 0 Å². The van der Waals surface area contributed by atoms with Gasteiger partial charge in [-0.05, 0) is 27.7 Å². The first-order valence-electron chi connectivity index (χ1n) is 8.21. The lowest BCUT2D eigenvalue weighted by atomic mass is 10.2. The smallest absolute Gasteiger partial charge is 0.321 e. The highest BCUT2D eigenvalue weighted by Gasteiger charge is 2.38. The summed E-state index contributed by atoms with van der Waals surface area (Å²) in [6, 6.07) is -1.56. The number of imide groups is 1. The molecule has 0 aromatic heterocycles. The van der Waals surface area contributed by atoms with Gasteiger partial charge in [0, 0.05) is 32.8 Å². The first kappa shape index (κ1) is 20.2. The number of carbonyl (C=O) groups excluding carboxylic acids is 3. The SMILES string of the molecule is CCNC(=O)N[C@@H]1CN([C@H](C)C(=O)NC(=O)NC(C)C)C[C@@H]1OC. The van der Waals surface area contributed by atoms with Gasteiger partial charge in [0.1, 0.15) is 0 Å². The van der Waals surface area contributed by atoms with Crippen LogP contribution in [0, 0.1) is 0 Å². The summed E-state index contributed by atoms with van der Waals surface area (Å²) in [4.78, 5) is 37.4. The number of ether oxygens (including phenoxy) is 1. The summed E-state index contributed by atoms with van der Waals surface area (Å²) in [6.07, 6.45) is -0.215. The molecule has 0 aliphatic carbocycles. The Labute approximate surface area is 142 Å². The second-order valence-electron chi connectivity index (χ2n) is 6.13. The van der Waals surface area contributed by atoms with Gasteiger partial charge in [0.15, 0.2) is 0 Å². The fourth-order valence-corrected chi connectivity index (χ4v) is 2.56. The van der Waals surface area contributed by atoms with Gasteiger partial charge in [-0.1, -0.05) is 0 Å². The Hall–Kier alpha value is -1.87. The predicted octanol–water partition coefficient (Wildman–Crippen LogP) is -0.373. The highest BCUT2D eigenvalue weighted by molar-refractivity contribution is 5.96. The molecule has 0 unspecified atom stereocenters. The van der Waals surface area contributed by atoms with Gasteiger partial charge in [-0.25, -0.2) is 9.59 Å². The molecule has 4 N–H and O–H groups in total. The molecular formula is C15H29N5O4. The Morgan fingerprint density at radius 1 is 1.17 bits per heavy atom. The van der Waals surface area contributed by atoms with Gasteiger partial charge in [-0.15, -0.1) is 0 Å². The van der Waals surface area contributed by atoms with Gasteiger partial charge in [0.2, 0.25) is 5.91 Å². The largest absolute Gasteiger partial charge is 0.378 e. The van der Waals surface area contributed by atoms with E-state index in [9.17, 15) is 14.4 Å². The highest BCUT2D eigenvalue weighted by Crippen LogP contribution is 2.16. The molecule has 1 rings (SSSR count). The third-order valence-electron chi connectivity index (χ3n) is 3.83. The van der Waals surface area contributed by atoms with Gasteiger partial charge < -0.3 is 20.7 Å². The van der Waals surface area contributed by atoms with Crippen molar-refractivity contribution in [3.8, 4) is 0 Å². The van der Waals surface area contributed by atoms with Gasteiger partial charge in [-0.2, -0.15) is 0 Å².